The van der Waals surface area contributed by atoms with Crippen LogP contribution in [0.15, 0.2) is 42.5 Å². The van der Waals surface area contributed by atoms with E-state index in [0.29, 0.717) is 23.3 Å². The number of hydrogen-bond donors (Lipinski definition) is 1. The van der Waals surface area contributed by atoms with Gasteiger partial charge in [-0.1, -0.05) is 24.3 Å². The first kappa shape index (κ1) is 23.3. The molecular formula is C26H28ClN3O3S. The van der Waals surface area contributed by atoms with Crippen LogP contribution in [-0.4, -0.2) is 55.0 Å². The van der Waals surface area contributed by atoms with Crippen LogP contribution >= 0.6 is 11.3 Å². The average molecular weight is 498 g/mol. The predicted molar refractivity (Wildman–Crippen MR) is 128 cm³/mol. The molecule has 3 heterocycles. The van der Waals surface area contributed by atoms with Crippen LogP contribution in [0.3, 0.4) is 0 Å². The Balaban J connectivity index is 0.00000241. The molecule has 0 bridgehead atoms. The third-order valence-corrected chi connectivity index (χ3v) is 8.71. The van der Waals surface area contributed by atoms with E-state index in [1.165, 1.54) is 33.8 Å². The van der Waals surface area contributed by atoms with E-state index in [9.17, 15) is 9.59 Å². The van der Waals surface area contributed by atoms with Gasteiger partial charge in [0.1, 0.15) is 5.75 Å². The molecule has 1 aliphatic carbocycles. The van der Waals surface area contributed by atoms with E-state index in [0.717, 1.165) is 54.0 Å². The van der Waals surface area contributed by atoms with E-state index in [1.54, 1.807) is 12.4 Å². The lowest BCUT2D eigenvalue weighted by Gasteiger charge is -2.28. The van der Waals surface area contributed by atoms with E-state index in [4.69, 9.17) is 4.74 Å². The number of halogens is 1. The molecule has 0 saturated carbocycles. The van der Waals surface area contributed by atoms with Crippen molar-refractivity contribution in [1.29, 1.82) is 0 Å². The largest absolute Gasteiger partial charge is 1.00 e. The van der Waals surface area contributed by atoms with Crippen molar-refractivity contribution in [2.45, 2.75) is 25.2 Å². The Bertz CT molecular complexity index is 1260. The SMILES string of the molecule is COc1cccc2c1CC[C@H]1CN(CCCN3C(=O)[NH2+]c4c(sc5ccccc45)C3=O)C[C@@H]21.[Cl-]. The molecule has 1 aromatic heterocycles. The summed E-state index contributed by atoms with van der Waals surface area (Å²) in [5, 5.41) is 2.64. The molecule has 1 saturated heterocycles. The van der Waals surface area contributed by atoms with Gasteiger partial charge in [0.25, 0.3) is 5.91 Å². The molecule has 2 aliphatic heterocycles. The number of carbonyl (C=O) groups excluding carboxylic acids is 2. The number of imide groups is 1. The van der Waals surface area contributed by atoms with Crippen molar-refractivity contribution in [3.8, 4) is 5.75 Å². The van der Waals surface area contributed by atoms with Gasteiger partial charge in [-0.3, -0.25) is 4.79 Å². The quantitative estimate of drug-likeness (QED) is 0.564. The Kier molecular flexibility index (Phi) is 6.37. The summed E-state index contributed by atoms with van der Waals surface area (Å²) < 4.78 is 6.65. The highest BCUT2D eigenvalue weighted by atomic mass is 35.5. The van der Waals surface area contributed by atoms with Crippen LogP contribution in [0.2, 0.25) is 0 Å². The van der Waals surface area contributed by atoms with Crippen molar-refractivity contribution < 1.29 is 32.0 Å². The minimum Gasteiger partial charge on any atom is -1.00 e. The van der Waals surface area contributed by atoms with Crippen LogP contribution in [0.1, 0.15) is 39.6 Å². The average Bonchev–Trinajstić information content (AvgIpc) is 3.42. The number of primary amides is 1. The maximum Gasteiger partial charge on any atom is 0.427 e. The van der Waals surface area contributed by atoms with Gasteiger partial charge in [-0.25, -0.2) is 15.0 Å². The molecule has 178 valence electrons. The molecule has 0 unspecified atom stereocenters. The molecule has 8 heteroatoms. The third-order valence-electron chi connectivity index (χ3n) is 7.53. The third kappa shape index (κ3) is 3.81. The van der Waals surface area contributed by atoms with E-state index in [1.807, 2.05) is 24.3 Å². The van der Waals surface area contributed by atoms with E-state index >= 15 is 0 Å². The second-order valence-electron chi connectivity index (χ2n) is 9.33. The fourth-order valence-electron chi connectivity index (χ4n) is 5.96. The standard InChI is InChI=1S/C26H27N3O3S.ClH/c1-32-21-8-4-7-17-18(21)11-10-16-14-28(15-20(16)17)12-5-13-29-25(30)24-23(27-26(29)31)19-6-2-3-9-22(19)33-24;/h2-4,6-9,16,20H,5,10-15H2,1H3,(H,27,31);1H/t16-,20+;/m0./s1. The number of carbonyl (C=O) groups is 2. The van der Waals surface area contributed by atoms with Crippen molar-refractivity contribution in [1.82, 2.24) is 9.80 Å². The molecule has 3 amide bonds. The maximum atomic E-state index is 13.1. The fraction of sp³-hybridized carbons (Fsp3) is 0.385. The van der Waals surface area contributed by atoms with Gasteiger partial charge in [0.15, 0.2) is 10.6 Å². The van der Waals surface area contributed by atoms with E-state index in [2.05, 4.69) is 23.1 Å². The van der Waals surface area contributed by atoms with Gasteiger partial charge < -0.3 is 22.0 Å². The zero-order valence-corrected chi connectivity index (χ0v) is 20.7. The Labute approximate surface area is 209 Å². The molecule has 0 spiro atoms. The first-order valence-corrected chi connectivity index (χ1v) is 12.6. The minimum atomic E-state index is -0.188. The summed E-state index contributed by atoms with van der Waals surface area (Å²) in [5.41, 5.74) is 3.61. The zero-order chi connectivity index (χ0) is 22.5. The molecule has 3 aliphatic rings. The highest BCUT2D eigenvalue weighted by Gasteiger charge is 2.40. The number of quaternary nitrogens is 1. The first-order valence-electron chi connectivity index (χ1n) is 11.7. The lowest BCUT2D eigenvalue weighted by molar-refractivity contribution is -0.471. The second-order valence-corrected chi connectivity index (χ2v) is 10.4. The number of nitrogens with two attached hydrogens (primary N) is 1. The molecule has 0 radical (unpaired) electrons. The minimum absolute atomic E-state index is 0. The van der Waals surface area contributed by atoms with Crippen LogP contribution in [0.25, 0.3) is 10.1 Å². The first-order chi connectivity index (χ1) is 16.1. The van der Waals surface area contributed by atoms with Crippen LogP contribution in [0.5, 0.6) is 5.75 Å². The zero-order valence-electron chi connectivity index (χ0n) is 19.1. The summed E-state index contributed by atoms with van der Waals surface area (Å²) in [6.07, 6.45) is 3.08. The van der Waals surface area contributed by atoms with Gasteiger partial charge >= 0.3 is 6.03 Å². The summed E-state index contributed by atoms with van der Waals surface area (Å²) in [6.45, 7) is 3.51. The molecule has 3 aromatic rings. The lowest BCUT2D eigenvalue weighted by atomic mass is 9.77. The number of methoxy groups -OCH3 is 1. The number of likely N-dealkylation sites (tertiary alicyclic amines) is 1. The number of nitrogens with zero attached hydrogens (tertiary/aromatic N) is 2. The molecular weight excluding hydrogens is 470 g/mol. The Morgan fingerprint density at radius 2 is 1.94 bits per heavy atom. The summed E-state index contributed by atoms with van der Waals surface area (Å²) in [7, 11) is 1.75. The number of fused-ring (bicyclic) bond motifs is 6. The summed E-state index contributed by atoms with van der Waals surface area (Å²) in [6, 6.07) is 14.2. The molecule has 1 fully saturated rings. The van der Waals surface area contributed by atoms with Gasteiger partial charge in [0.05, 0.1) is 12.5 Å². The Hall–Kier alpha value is -2.45. The van der Waals surface area contributed by atoms with Crippen LogP contribution in [0, 0.1) is 5.92 Å². The fourth-order valence-corrected chi connectivity index (χ4v) is 7.09. The van der Waals surface area contributed by atoms with E-state index < -0.39 is 0 Å². The van der Waals surface area contributed by atoms with Crippen molar-refractivity contribution in [2.24, 2.45) is 5.92 Å². The highest BCUT2D eigenvalue weighted by Crippen LogP contribution is 2.44. The number of urea groups is 1. The molecule has 2 aromatic carbocycles. The normalized spacial score (nSPS) is 21.7. The predicted octanol–water partition coefficient (Wildman–Crippen LogP) is 0.737. The van der Waals surface area contributed by atoms with Gasteiger partial charge in [0, 0.05) is 30.3 Å². The number of thiophene rings is 1. The van der Waals surface area contributed by atoms with Gasteiger partial charge in [-0.2, -0.15) is 0 Å². The Morgan fingerprint density at radius 1 is 1.09 bits per heavy atom. The van der Waals surface area contributed by atoms with Crippen molar-refractivity contribution >= 4 is 39.0 Å². The van der Waals surface area contributed by atoms with Crippen LogP contribution in [-0.2, 0) is 6.42 Å². The van der Waals surface area contributed by atoms with Crippen molar-refractivity contribution in [3.63, 3.8) is 0 Å². The van der Waals surface area contributed by atoms with E-state index in [-0.39, 0.29) is 24.3 Å². The van der Waals surface area contributed by atoms with Crippen LogP contribution < -0.4 is 22.5 Å². The van der Waals surface area contributed by atoms with Crippen molar-refractivity contribution in [2.75, 3.05) is 33.3 Å². The van der Waals surface area contributed by atoms with Gasteiger partial charge in [-0.15, -0.1) is 11.3 Å². The number of rotatable bonds is 5. The molecule has 34 heavy (non-hydrogen) atoms. The highest BCUT2D eigenvalue weighted by molar-refractivity contribution is 7.21. The topological polar surface area (TPSA) is 66.5 Å². The summed E-state index contributed by atoms with van der Waals surface area (Å²) >= 11 is 1.49. The Morgan fingerprint density at radius 3 is 2.79 bits per heavy atom. The maximum absolute atomic E-state index is 13.1. The second kappa shape index (κ2) is 9.30. The molecule has 2 atom stereocenters. The molecule has 2 N–H and O–H groups in total. The smallest absolute Gasteiger partial charge is 0.427 e. The van der Waals surface area contributed by atoms with Crippen molar-refractivity contribution in [3.05, 3.63) is 58.5 Å². The summed E-state index contributed by atoms with van der Waals surface area (Å²) in [4.78, 5) is 30.5. The van der Waals surface area contributed by atoms with Gasteiger partial charge in [0.2, 0.25) is 0 Å². The van der Waals surface area contributed by atoms with Gasteiger partial charge in [-0.05, 0) is 61.1 Å². The lowest BCUT2D eigenvalue weighted by Crippen LogP contribution is -3.00. The monoisotopic (exact) mass is 497 g/mol. The number of ether oxygens (including phenoxy) is 1. The number of benzene rings is 2. The number of hydrogen-bond acceptors (Lipinski definition) is 5. The van der Waals surface area contributed by atoms with Crippen LogP contribution in [0.4, 0.5) is 10.5 Å². The summed E-state index contributed by atoms with van der Waals surface area (Å²) in [5.74, 6) is 2.10. The molecule has 6 rings (SSSR count). The number of amides is 3. The molecule has 6 nitrogen and oxygen atoms in total.